The number of carbonyl (C=O) groups is 1. The van der Waals surface area contributed by atoms with Crippen LogP contribution in [0.5, 0.6) is 0 Å². The van der Waals surface area contributed by atoms with E-state index in [0.29, 0.717) is 18.5 Å². The highest BCUT2D eigenvalue weighted by atomic mass is 32.2. The number of hydrogen-bond donors (Lipinski definition) is 2. The summed E-state index contributed by atoms with van der Waals surface area (Å²) in [5.41, 5.74) is 1.45. The van der Waals surface area contributed by atoms with Crippen molar-refractivity contribution in [1.82, 2.24) is 14.7 Å². The number of amides is 2. The van der Waals surface area contributed by atoms with Gasteiger partial charge in [-0.15, -0.1) is 0 Å². The van der Waals surface area contributed by atoms with Gasteiger partial charge in [0.25, 0.3) is 0 Å². The van der Waals surface area contributed by atoms with E-state index in [1.54, 1.807) is 38.5 Å². The zero-order valence-corrected chi connectivity index (χ0v) is 13.9. The van der Waals surface area contributed by atoms with Crippen molar-refractivity contribution in [3.63, 3.8) is 0 Å². The molecule has 1 unspecified atom stereocenters. The van der Waals surface area contributed by atoms with Crippen molar-refractivity contribution in [2.45, 2.75) is 37.5 Å². The molecule has 0 saturated carbocycles. The number of imidazole rings is 1. The fraction of sp³-hybridized carbons (Fsp3) is 0.467. The zero-order valence-electron chi connectivity index (χ0n) is 13.1. The molecule has 1 aliphatic rings. The second-order valence-corrected chi connectivity index (χ2v) is 9.22. The first-order valence-corrected chi connectivity index (χ1v) is 9.15. The summed E-state index contributed by atoms with van der Waals surface area (Å²) in [6.07, 6.45) is 6.12. The van der Waals surface area contributed by atoms with Gasteiger partial charge in [0.2, 0.25) is 0 Å². The Morgan fingerprint density at radius 3 is 2.91 bits per heavy atom. The van der Waals surface area contributed by atoms with Crippen LogP contribution in [-0.2, 0) is 9.84 Å². The summed E-state index contributed by atoms with van der Waals surface area (Å²) < 4.78 is 25.0. The summed E-state index contributed by atoms with van der Waals surface area (Å²) in [6.45, 7) is 3.42. The van der Waals surface area contributed by atoms with Crippen LogP contribution in [-0.4, -0.2) is 40.4 Å². The molecule has 0 bridgehead atoms. The van der Waals surface area contributed by atoms with Gasteiger partial charge in [-0.25, -0.2) is 18.2 Å². The average Bonchev–Trinajstić information content (AvgIpc) is 2.90. The van der Waals surface area contributed by atoms with Gasteiger partial charge < -0.3 is 15.0 Å². The largest absolute Gasteiger partial charge is 0.335 e. The molecule has 1 aliphatic heterocycles. The first-order valence-electron chi connectivity index (χ1n) is 7.49. The van der Waals surface area contributed by atoms with E-state index >= 15 is 0 Å². The van der Waals surface area contributed by atoms with Gasteiger partial charge in [0.1, 0.15) is 5.65 Å². The summed E-state index contributed by atoms with van der Waals surface area (Å²) in [7, 11) is -3.09. The Morgan fingerprint density at radius 1 is 1.39 bits per heavy atom. The van der Waals surface area contributed by atoms with Crippen LogP contribution in [0.15, 0.2) is 30.7 Å². The highest BCUT2D eigenvalue weighted by molar-refractivity contribution is 7.92. The average molecular weight is 336 g/mol. The van der Waals surface area contributed by atoms with Crippen molar-refractivity contribution in [3.8, 4) is 0 Å². The molecule has 2 N–H and O–H groups in total. The second-order valence-electron chi connectivity index (χ2n) is 6.48. The Morgan fingerprint density at radius 2 is 2.17 bits per heavy atom. The summed E-state index contributed by atoms with van der Waals surface area (Å²) in [4.78, 5) is 16.3. The molecule has 0 aliphatic carbocycles. The summed E-state index contributed by atoms with van der Waals surface area (Å²) >= 11 is 0. The third-order valence-electron chi connectivity index (χ3n) is 4.30. The van der Waals surface area contributed by atoms with Crippen LogP contribution in [0.4, 0.5) is 10.5 Å². The van der Waals surface area contributed by atoms with Crippen molar-refractivity contribution >= 4 is 27.2 Å². The summed E-state index contributed by atoms with van der Waals surface area (Å²) in [6, 6.07) is 3.11. The number of nitrogens with one attached hydrogen (secondary N) is 2. The van der Waals surface area contributed by atoms with E-state index in [-0.39, 0.29) is 17.8 Å². The minimum absolute atomic E-state index is 0.103. The lowest BCUT2D eigenvalue weighted by atomic mass is 10.0. The van der Waals surface area contributed by atoms with Gasteiger partial charge in [0.15, 0.2) is 9.84 Å². The molecule has 23 heavy (non-hydrogen) atoms. The molecule has 124 valence electrons. The molecule has 3 rings (SSSR count). The van der Waals surface area contributed by atoms with Crippen LogP contribution < -0.4 is 10.6 Å². The third-order valence-corrected chi connectivity index (χ3v) is 6.92. The molecule has 1 fully saturated rings. The molecular formula is C15H20N4O3S. The molecule has 0 spiro atoms. The number of pyridine rings is 1. The molecule has 8 heteroatoms. The number of rotatable bonds is 2. The molecule has 1 saturated heterocycles. The SMILES string of the molecule is CC1(C)CC(NC(=O)Nc2ccc3nccn3c2)CCS1(=O)=O. The number of aromatic nitrogens is 2. The maximum atomic E-state index is 12.1. The minimum atomic E-state index is -3.09. The van der Waals surface area contributed by atoms with Crippen LogP contribution in [0.2, 0.25) is 0 Å². The highest BCUT2D eigenvalue weighted by Gasteiger charge is 2.41. The first-order chi connectivity index (χ1) is 10.8. The topological polar surface area (TPSA) is 92.6 Å². The first kappa shape index (κ1) is 15.8. The number of urea groups is 1. The predicted molar refractivity (Wildman–Crippen MR) is 88.2 cm³/mol. The molecule has 2 aromatic heterocycles. The molecule has 2 aromatic rings. The Hall–Kier alpha value is -2.09. The Bertz CT molecular complexity index is 841. The number of nitrogens with zero attached hydrogens (tertiary/aromatic N) is 2. The summed E-state index contributed by atoms with van der Waals surface area (Å²) in [5.74, 6) is 0.103. The third kappa shape index (κ3) is 3.17. The number of hydrogen-bond acceptors (Lipinski definition) is 4. The van der Waals surface area contributed by atoms with Gasteiger partial charge in [0.05, 0.1) is 16.2 Å². The quantitative estimate of drug-likeness (QED) is 0.875. The molecule has 2 amide bonds. The van der Waals surface area contributed by atoms with E-state index < -0.39 is 14.6 Å². The smallest absolute Gasteiger partial charge is 0.319 e. The Labute approximate surface area is 135 Å². The lowest BCUT2D eigenvalue weighted by Gasteiger charge is -2.35. The normalized spacial score (nSPS) is 22.6. The van der Waals surface area contributed by atoms with E-state index in [0.717, 1.165) is 5.65 Å². The number of sulfone groups is 1. The Balaban J connectivity index is 1.63. The molecule has 0 radical (unpaired) electrons. The fourth-order valence-electron chi connectivity index (χ4n) is 2.87. The van der Waals surface area contributed by atoms with E-state index in [9.17, 15) is 13.2 Å². The van der Waals surface area contributed by atoms with Crippen molar-refractivity contribution in [3.05, 3.63) is 30.7 Å². The van der Waals surface area contributed by atoms with Crippen molar-refractivity contribution in [2.75, 3.05) is 11.1 Å². The highest BCUT2D eigenvalue weighted by Crippen LogP contribution is 2.30. The van der Waals surface area contributed by atoms with Crippen molar-refractivity contribution < 1.29 is 13.2 Å². The van der Waals surface area contributed by atoms with Gasteiger partial charge in [0, 0.05) is 24.6 Å². The van der Waals surface area contributed by atoms with Gasteiger partial charge in [-0.05, 0) is 38.8 Å². The molecule has 0 aromatic carbocycles. The minimum Gasteiger partial charge on any atom is -0.335 e. The van der Waals surface area contributed by atoms with Crippen molar-refractivity contribution in [2.24, 2.45) is 0 Å². The van der Waals surface area contributed by atoms with Gasteiger partial charge in [-0.1, -0.05) is 0 Å². The van der Waals surface area contributed by atoms with Gasteiger partial charge >= 0.3 is 6.03 Å². The Kier molecular flexibility index (Phi) is 3.79. The van der Waals surface area contributed by atoms with E-state index in [4.69, 9.17) is 0 Å². The maximum absolute atomic E-state index is 12.1. The molecular weight excluding hydrogens is 316 g/mol. The van der Waals surface area contributed by atoms with Crippen LogP contribution in [0.25, 0.3) is 5.65 Å². The van der Waals surface area contributed by atoms with E-state index in [1.165, 1.54) is 0 Å². The van der Waals surface area contributed by atoms with Crippen LogP contribution in [0.1, 0.15) is 26.7 Å². The molecule has 1 atom stereocenters. The lowest BCUT2D eigenvalue weighted by molar-refractivity contribution is 0.245. The van der Waals surface area contributed by atoms with Crippen LogP contribution in [0.3, 0.4) is 0 Å². The van der Waals surface area contributed by atoms with E-state index in [2.05, 4.69) is 15.6 Å². The van der Waals surface area contributed by atoms with Crippen molar-refractivity contribution in [1.29, 1.82) is 0 Å². The number of anilines is 1. The second kappa shape index (κ2) is 5.52. The summed E-state index contributed by atoms with van der Waals surface area (Å²) in [5, 5.41) is 5.63. The lowest BCUT2D eigenvalue weighted by Crippen LogP contribution is -2.50. The number of fused-ring (bicyclic) bond motifs is 1. The van der Waals surface area contributed by atoms with Gasteiger partial charge in [-0.3, -0.25) is 0 Å². The van der Waals surface area contributed by atoms with E-state index in [1.807, 2.05) is 10.5 Å². The fourth-order valence-corrected chi connectivity index (χ4v) is 4.47. The van der Waals surface area contributed by atoms with Crippen LogP contribution in [0, 0.1) is 0 Å². The molecule has 3 heterocycles. The van der Waals surface area contributed by atoms with Gasteiger partial charge in [-0.2, -0.15) is 0 Å². The standard InChI is InChI=1S/C15H20N4O3S/c1-15(2)9-11(5-8-23(15,21)22)17-14(20)18-12-3-4-13-16-6-7-19(13)10-12/h3-4,6-7,10-11H,5,8-9H2,1-2H3,(H2,17,18,20). The monoisotopic (exact) mass is 336 g/mol. The molecule has 7 nitrogen and oxygen atoms in total. The van der Waals surface area contributed by atoms with Crippen LogP contribution >= 0.6 is 0 Å². The zero-order chi connectivity index (χ0) is 16.7. The predicted octanol–water partition coefficient (Wildman–Crippen LogP) is 1.81. The maximum Gasteiger partial charge on any atom is 0.319 e. The number of carbonyl (C=O) groups excluding carboxylic acids is 1.